The zero-order chi connectivity index (χ0) is 13.1. The van der Waals surface area contributed by atoms with Crippen LogP contribution in [0.15, 0.2) is 22.8 Å². The molecule has 1 aromatic heterocycles. The molecule has 0 saturated carbocycles. The molecule has 1 unspecified atom stereocenters. The molecule has 0 bridgehead atoms. The predicted molar refractivity (Wildman–Crippen MR) is 78.0 cm³/mol. The summed E-state index contributed by atoms with van der Waals surface area (Å²) in [6.45, 7) is 7.28. The summed E-state index contributed by atoms with van der Waals surface area (Å²) in [6.07, 6.45) is 3.15. The molecule has 1 atom stereocenters. The van der Waals surface area contributed by atoms with Crippen molar-refractivity contribution in [1.29, 1.82) is 0 Å². The van der Waals surface area contributed by atoms with Crippen molar-refractivity contribution >= 4 is 15.9 Å². The number of likely N-dealkylation sites (tertiary alicyclic amines) is 1. The second kappa shape index (κ2) is 6.31. The Morgan fingerprint density at radius 3 is 2.84 bits per heavy atom. The van der Waals surface area contributed by atoms with Crippen LogP contribution >= 0.6 is 15.9 Å². The van der Waals surface area contributed by atoms with Gasteiger partial charge in [0.25, 0.3) is 0 Å². The molecule has 0 aromatic carbocycles. The Morgan fingerprint density at radius 2 is 2.11 bits per heavy atom. The van der Waals surface area contributed by atoms with E-state index in [-0.39, 0.29) is 0 Å². The summed E-state index contributed by atoms with van der Waals surface area (Å²) in [6, 6.07) is 4.88. The zero-order valence-electron chi connectivity index (χ0n) is 11.1. The number of ether oxygens (including phenoxy) is 1. The highest BCUT2D eigenvalue weighted by Gasteiger charge is 2.28. The normalized spacial score (nSPS) is 25.8. The van der Waals surface area contributed by atoms with Crippen LogP contribution in [0.2, 0.25) is 0 Å². The van der Waals surface area contributed by atoms with E-state index in [1.165, 1.54) is 13.0 Å². The Bertz CT molecular complexity index is 406. The molecular weight excluding hydrogens is 306 g/mol. The Hall–Kier alpha value is -0.490. The molecule has 3 heterocycles. The van der Waals surface area contributed by atoms with Crippen LogP contribution in [0.3, 0.4) is 0 Å². The van der Waals surface area contributed by atoms with Crippen molar-refractivity contribution in [1.82, 2.24) is 14.8 Å². The van der Waals surface area contributed by atoms with E-state index < -0.39 is 0 Å². The van der Waals surface area contributed by atoms with E-state index in [0.29, 0.717) is 6.04 Å². The number of hydrogen-bond donors (Lipinski definition) is 0. The molecule has 3 rings (SSSR count). The first-order valence-corrected chi connectivity index (χ1v) is 7.75. The number of halogens is 1. The number of hydrogen-bond acceptors (Lipinski definition) is 4. The number of pyridine rings is 1. The smallest absolute Gasteiger partial charge is 0.0594 e. The van der Waals surface area contributed by atoms with Crippen molar-refractivity contribution in [2.75, 3.05) is 39.4 Å². The molecule has 2 saturated heterocycles. The SMILES string of the molecule is Brc1ccc(CN2CCC(N3CCOCC3)C2)nc1. The largest absolute Gasteiger partial charge is 0.379 e. The average Bonchev–Trinajstić information content (AvgIpc) is 2.91. The molecule has 2 aliphatic heterocycles. The highest BCUT2D eigenvalue weighted by molar-refractivity contribution is 9.10. The van der Waals surface area contributed by atoms with Gasteiger partial charge in [0.1, 0.15) is 0 Å². The third kappa shape index (κ3) is 3.54. The fourth-order valence-corrected chi connectivity index (χ4v) is 3.16. The third-order valence-corrected chi connectivity index (χ3v) is 4.45. The molecular formula is C14H20BrN3O. The number of morpholine rings is 1. The summed E-state index contributed by atoms with van der Waals surface area (Å²) >= 11 is 3.43. The van der Waals surface area contributed by atoms with E-state index in [0.717, 1.165) is 49.6 Å². The van der Waals surface area contributed by atoms with Crippen LogP contribution in [0, 0.1) is 0 Å². The molecule has 0 amide bonds. The van der Waals surface area contributed by atoms with E-state index in [9.17, 15) is 0 Å². The minimum atomic E-state index is 0.708. The molecule has 5 heteroatoms. The standard InChI is InChI=1S/C14H20BrN3O/c15-12-1-2-13(16-9-12)10-17-4-3-14(11-17)18-5-7-19-8-6-18/h1-2,9,14H,3-8,10-11H2. The van der Waals surface area contributed by atoms with E-state index in [4.69, 9.17) is 4.74 Å². The topological polar surface area (TPSA) is 28.6 Å². The molecule has 0 N–H and O–H groups in total. The first-order valence-electron chi connectivity index (χ1n) is 6.96. The number of nitrogens with zero attached hydrogens (tertiary/aromatic N) is 3. The minimum Gasteiger partial charge on any atom is -0.379 e. The van der Waals surface area contributed by atoms with Gasteiger partial charge in [0.2, 0.25) is 0 Å². The van der Waals surface area contributed by atoms with Gasteiger partial charge in [-0.2, -0.15) is 0 Å². The highest BCUT2D eigenvalue weighted by Crippen LogP contribution is 2.19. The molecule has 0 radical (unpaired) electrons. The molecule has 104 valence electrons. The summed E-state index contributed by atoms with van der Waals surface area (Å²) in [5.74, 6) is 0. The Morgan fingerprint density at radius 1 is 1.26 bits per heavy atom. The van der Waals surface area contributed by atoms with Gasteiger partial charge in [-0.25, -0.2) is 0 Å². The van der Waals surface area contributed by atoms with Crippen LogP contribution < -0.4 is 0 Å². The maximum absolute atomic E-state index is 5.42. The average molecular weight is 326 g/mol. The van der Waals surface area contributed by atoms with Crippen LogP contribution in [0.1, 0.15) is 12.1 Å². The van der Waals surface area contributed by atoms with Gasteiger partial charge in [-0.1, -0.05) is 0 Å². The Kier molecular flexibility index (Phi) is 4.48. The second-order valence-corrected chi connectivity index (χ2v) is 6.21. The van der Waals surface area contributed by atoms with Crippen molar-refractivity contribution in [2.45, 2.75) is 19.0 Å². The van der Waals surface area contributed by atoms with Crippen LogP contribution in [0.5, 0.6) is 0 Å². The van der Waals surface area contributed by atoms with Gasteiger partial charge in [0.05, 0.1) is 18.9 Å². The maximum Gasteiger partial charge on any atom is 0.0594 e. The monoisotopic (exact) mass is 325 g/mol. The van der Waals surface area contributed by atoms with Gasteiger partial charge in [-0.3, -0.25) is 14.8 Å². The lowest BCUT2D eigenvalue weighted by atomic mass is 10.2. The zero-order valence-corrected chi connectivity index (χ0v) is 12.7. The van der Waals surface area contributed by atoms with E-state index in [1.807, 2.05) is 6.20 Å². The van der Waals surface area contributed by atoms with Crippen molar-refractivity contribution in [2.24, 2.45) is 0 Å². The van der Waals surface area contributed by atoms with E-state index in [1.54, 1.807) is 0 Å². The minimum absolute atomic E-state index is 0.708. The summed E-state index contributed by atoms with van der Waals surface area (Å²) in [4.78, 5) is 9.55. The van der Waals surface area contributed by atoms with Gasteiger partial charge in [0.15, 0.2) is 0 Å². The van der Waals surface area contributed by atoms with Gasteiger partial charge >= 0.3 is 0 Å². The summed E-state index contributed by atoms with van der Waals surface area (Å²) in [5, 5.41) is 0. The Labute approximate surface area is 122 Å². The van der Waals surface area contributed by atoms with Gasteiger partial charge < -0.3 is 4.74 Å². The lowest BCUT2D eigenvalue weighted by Crippen LogP contribution is -2.44. The molecule has 19 heavy (non-hydrogen) atoms. The lowest BCUT2D eigenvalue weighted by molar-refractivity contribution is 0.0183. The predicted octanol–water partition coefficient (Wildman–Crippen LogP) is 1.75. The third-order valence-electron chi connectivity index (χ3n) is 3.98. The summed E-state index contributed by atoms with van der Waals surface area (Å²) in [5.41, 5.74) is 1.16. The first kappa shape index (κ1) is 13.5. The maximum atomic E-state index is 5.42. The molecule has 0 spiro atoms. The van der Waals surface area contributed by atoms with Gasteiger partial charge in [-0.05, 0) is 34.5 Å². The van der Waals surface area contributed by atoms with Crippen molar-refractivity contribution in [3.05, 3.63) is 28.5 Å². The van der Waals surface area contributed by atoms with Crippen LogP contribution in [-0.4, -0.2) is 60.2 Å². The second-order valence-electron chi connectivity index (χ2n) is 5.29. The molecule has 1 aromatic rings. The molecule has 4 nitrogen and oxygen atoms in total. The van der Waals surface area contributed by atoms with Crippen molar-refractivity contribution in [3.8, 4) is 0 Å². The quantitative estimate of drug-likeness (QED) is 0.846. The van der Waals surface area contributed by atoms with Crippen LogP contribution in [0.4, 0.5) is 0 Å². The highest BCUT2D eigenvalue weighted by atomic mass is 79.9. The first-order chi connectivity index (χ1) is 9.31. The number of aromatic nitrogens is 1. The van der Waals surface area contributed by atoms with E-state index in [2.05, 4.69) is 42.8 Å². The molecule has 0 aliphatic carbocycles. The Balaban J connectivity index is 1.52. The molecule has 2 aliphatic rings. The van der Waals surface area contributed by atoms with Crippen LogP contribution in [0.25, 0.3) is 0 Å². The fourth-order valence-electron chi connectivity index (χ4n) is 2.93. The molecule has 2 fully saturated rings. The van der Waals surface area contributed by atoms with Crippen molar-refractivity contribution < 1.29 is 4.74 Å². The van der Waals surface area contributed by atoms with Crippen LogP contribution in [-0.2, 0) is 11.3 Å². The van der Waals surface area contributed by atoms with Crippen molar-refractivity contribution in [3.63, 3.8) is 0 Å². The van der Waals surface area contributed by atoms with Gasteiger partial charge in [0, 0.05) is 49.4 Å². The lowest BCUT2D eigenvalue weighted by Gasteiger charge is -2.32. The number of rotatable bonds is 3. The summed E-state index contributed by atoms with van der Waals surface area (Å²) < 4.78 is 6.47. The summed E-state index contributed by atoms with van der Waals surface area (Å²) in [7, 11) is 0. The van der Waals surface area contributed by atoms with E-state index >= 15 is 0 Å². The fraction of sp³-hybridized carbons (Fsp3) is 0.643. The van der Waals surface area contributed by atoms with Gasteiger partial charge in [-0.15, -0.1) is 0 Å².